The summed E-state index contributed by atoms with van der Waals surface area (Å²) < 4.78 is 1.90. The molecule has 1 aromatic heterocycles. The van der Waals surface area contributed by atoms with Gasteiger partial charge in [0.25, 0.3) is 0 Å². The first-order chi connectivity index (χ1) is 5.55. The molecule has 68 valence electrons. The maximum Gasteiger partial charge on any atom is 0.110 e. The molecule has 0 radical (unpaired) electrons. The van der Waals surface area contributed by atoms with Crippen LogP contribution in [-0.4, -0.2) is 26.8 Å². The van der Waals surface area contributed by atoms with E-state index >= 15 is 0 Å². The van der Waals surface area contributed by atoms with Crippen molar-refractivity contribution in [1.82, 2.24) is 9.55 Å². The van der Waals surface area contributed by atoms with Gasteiger partial charge in [0, 0.05) is 31.4 Å². The van der Waals surface area contributed by atoms with Crippen molar-refractivity contribution in [3.8, 4) is 0 Å². The Morgan fingerprint density at radius 3 is 2.83 bits per heavy atom. The monoisotopic (exact) mass is 169 g/mol. The van der Waals surface area contributed by atoms with Crippen LogP contribution < -0.4 is 5.73 Å². The summed E-state index contributed by atoms with van der Waals surface area (Å²) in [5, 5.41) is 8.92. The number of rotatable bonds is 3. The molecular weight excluding hydrogens is 154 g/mol. The number of hydrogen-bond donors (Lipinski definition) is 2. The normalized spacial score (nSPS) is 16.0. The highest BCUT2D eigenvalue weighted by atomic mass is 16.3. The van der Waals surface area contributed by atoms with Crippen LogP contribution in [0.1, 0.15) is 12.7 Å². The number of aromatic nitrogens is 2. The Kier molecular flexibility index (Phi) is 2.49. The Labute approximate surface area is 72.0 Å². The molecule has 0 aliphatic rings. The Bertz CT molecular complexity index is 255. The van der Waals surface area contributed by atoms with Crippen LogP contribution in [-0.2, 0) is 13.5 Å². The highest BCUT2D eigenvalue weighted by Crippen LogP contribution is 2.06. The fourth-order valence-corrected chi connectivity index (χ4v) is 0.984. The summed E-state index contributed by atoms with van der Waals surface area (Å²) in [4.78, 5) is 4.12. The van der Waals surface area contributed by atoms with Crippen molar-refractivity contribution in [1.29, 1.82) is 0 Å². The number of nitrogens with zero attached hydrogens (tertiary/aromatic N) is 2. The van der Waals surface area contributed by atoms with Crippen LogP contribution in [0.25, 0.3) is 0 Å². The topological polar surface area (TPSA) is 64.1 Å². The third-order valence-electron chi connectivity index (χ3n) is 1.84. The fraction of sp³-hybridized carbons (Fsp3) is 0.625. The zero-order chi connectivity index (χ0) is 9.19. The van der Waals surface area contributed by atoms with Crippen LogP contribution in [0.4, 0.5) is 0 Å². The van der Waals surface area contributed by atoms with Crippen LogP contribution >= 0.6 is 0 Å². The largest absolute Gasteiger partial charge is 0.394 e. The first kappa shape index (κ1) is 9.22. The molecule has 0 saturated heterocycles. The van der Waals surface area contributed by atoms with Gasteiger partial charge < -0.3 is 15.4 Å². The minimum atomic E-state index is -0.570. The molecule has 0 spiro atoms. The van der Waals surface area contributed by atoms with Gasteiger partial charge in [-0.05, 0) is 6.92 Å². The molecule has 0 aliphatic heterocycles. The van der Waals surface area contributed by atoms with Crippen molar-refractivity contribution >= 4 is 0 Å². The van der Waals surface area contributed by atoms with E-state index in [4.69, 9.17) is 10.8 Å². The molecule has 3 N–H and O–H groups in total. The molecular formula is C8H15N3O. The van der Waals surface area contributed by atoms with Crippen LogP contribution in [0.2, 0.25) is 0 Å². The van der Waals surface area contributed by atoms with Crippen molar-refractivity contribution in [2.45, 2.75) is 18.9 Å². The van der Waals surface area contributed by atoms with Gasteiger partial charge >= 0.3 is 0 Å². The molecule has 1 unspecified atom stereocenters. The van der Waals surface area contributed by atoms with Crippen LogP contribution in [0.3, 0.4) is 0 Å². The van der Waals surface area contributed by atoms with Gasteiger partial charge in [0.05, 0.1) is 6.61 Å². The lowest BCUT2D eigenvalue weighted by Crippen LogP contribution is -2.43. The molecule has 4 nitrogen and oxygen atoms in total. The van der Waals surface area contributed by atoms with E-state index in [0.717, 1.165) is 5.82 Å². The molecule has 0 bridgehead atoms. The number of aliphatic hydroxyl groups excluding tert-OH is 1. The second-order valence-corrected chi connectivity index (χ2v) is 3.44. The third-order valence-corrected chi connectivity index (χ3v) is 1.84. The summed E-state index contributed by atoms with van der Waals surface area (Å²) in [6.07, 6.45) is 4.18. The quantitative estimate of drug-likeness (QED) is 0.651. The van der Waals surface area contributed by atoms with E-state index in [-0.39, 0.29) is 6.61 Å². The first-order valence-corrected chi connectivity index (χ1v) is 3.91. The van der Waals surface area contributed by atoms with E-state index in [1.54, 1.807) is 6.20 Å². The zero-order valence-corrected chi connectivity index (χ0v) is 7.49. The summed E-state index contributed by atoms with van der Waals surface area (Å²) in [7, 11) is 1.91. The molecule has 1 rings (SSSR count). The van der Waals surface area contributed by atoms with Crippen LogP contribution in [0.5, 0.6) is 0 Å². The second-order valence-electron chi connectivity index (χ2n) is 3.44. The summed E-state index contributed by atoms with van der Waals surface area (Å²) in [5.74, 6) is 0.897. The van der Waals surface area contributed by atoms with Gasteiger partial charge in [-0.25, -0.2) is 4.98 Å². The van der Waals surface area contributed by atoms with Gasteiger partial charge in [0.15, 0.2) is 0 Å². The van der Waals surface area contributed by atoms with Gasteiger partial charge in [0.2, 0.25) is 0 Å². The Morgan fingerprint density at radius 1 is 1.75 bits per heavy atom. The molecule has 0 saturated carbocycles. The SMILES string of the molecule is Cn1ccnc1CC(C)(N)CO. The number of imidazole rings is 1. The van der Waals surface area contributed by atoms with Crippen molar-refractivity contribution in [2.24, 2.45) is 12.8 Å². The lowest BCUT2D eigenvalue weighted by atomic mass is 10.0. The van der Waals surface area contributed by atoms with Crippen molar-refractivity contribution in [2.75, 3.05) is 6.61 Å². The van der Waals surface area contributed by atoms with Gasteiger partial charge in [-0.1, -0.05) is 0 Å². The van der Waals surface area contributed by atoms with Crippen LogP contribution in [0, 0.1) is 0 Å². The molecule has 0 aliphatic carbocycles. The van der Waals surface area contributed by atoms with E-state index in [0.29, 0.717) is 6.42 Å². The van der Waals surface area contributed by atoms with E-state index in [2.05, 4.69) is 4.98 Å². The van der Waals surface area contributed by atoms with E-state index in [9.17, 15) is 0 Å². The molecule has 0 aromatic carbocycles. The molecule has 1 aromatic rings. The number of nitrogens with two attached hydrogens (primary N) is 1. The zero-order valence-electron chi connectivity index (χ0n) is 7.49. The Hall–Kier alpha value is -0.870. The predicted octanol–water partition coefficient (Wildman–Crippen LogP) is -0.328. The standard InChI is InChI=1S/C8H15N3O/c1-8(9,6-12)5-7-10-3-4-11(7)2/h3-4,12H,5-6,9H2,1-2H3. The summed E-state index contributed by atoms with van der Waals surface area (Å²) in [6.45, 7) is 1.78. The maximum atomic E-state index is 8.92. The van der Waals surface area contributed by atoms with Gasteiger partial charge in [-0.15, -0.1) is 0 Å². The maximum absolute atomic E-state index is 8.92. The fourth-order valence-electron chi connectivity index (χ4n) is 0.984. The van der Waals surface area contributed by atoms with E-state index < -0.39 is 5.54 Å². The minimum Gasteiger partial charge on any atom is -0.394 e. The molecule has 0 fully saturated rings. The molecule has 1 heterocycles. The Morgan fingerprint density at radius 2 is 2.42 bits per heavy atom. The summed E-state index contributed by atoms with van der Waals surface area (Å²) in [5.41, 5.74) is 5.20. The molecule has 1 atom stereocenters. The smallest absolute Gasteiger partial charge is 0.110 e. The highest BCUT2D eigenvalue weighted by molar-refractivity contribution is 4.98. The van der Waals surface area contributed by atoms with Crippen molar-refractivity contribution in [3.63, 3.8) is 0 Å². The van der Waals surface area contributed by atoms with Crippen molar-refractivity contribution in [3.05, 3.63) is 18.2 Å². The molecule has 12 heavy (non-hydrogen) atoms. The van der Waals surface area contributed by atoms with E-state index in [1.165, 1.54) is 0 Å². The average Bonchev–Trinajstić information content (AvgIpc) is 2.36. The molecule has 4 heteroatoms. The van der Waals surface area contributed by atoms with Gasteiger partial charge in [-0.3, -0.25) is 0 Å². The molecule has 0 amide bonds. The van der Waals surface area contributed by atoms with E-state index in [1.807, 2.05) is 24.7 Å². The number of aliphatic hydroxyl groups is 1. The van der Waals surface area contributed by atoms with Crippen LogP contribution in [0.15, 0.2) is 12.4 Å². The average molecular weight is 169 g/mol. The first-order valence-electron chi connectivity index (χ1n) is 3.91. The number of hydrogen-bond acceptors (Lipinski definition) is 3. The Balaban J connectivity index is 2.70. The van der Waals surface area contributed by atoms with Gasteiger partial charge in [0.1, 0.15) is 5.82 Å². The second kappa shape index (κ2) is 3.25. The summed E-state index contributed by atoms with van der Waals surface area (Å²) in [6, 6.07) is 0. The summed E-state index contributed by atoms with van der Waals surface area (Å²) >= 11 is 0. The third kappa shape index (κ3) is 2.06. The minimum absolute atomic E-state index is 0.0279. The van der Waals surface area contributed by atoms with Gasteiger partial charge in [-0.2, -0.15) is 0 Å². The predicted molar refractivity (Wildman–Crippen MR) is 46.6 cm³/mol. The lowest BCUT2D eigenvalue weighted by Gasteiger charge is -2.20. The lowest BCUT2D eigenvalue weighted by molar-refractivity contribution is 0.205. The highest BCUT2D eigenvalue weighted by Gasteiger charge is 2.19. The van der Waals surface area contributed by atoms with Crippen molar-refractivity contribution < 1.29 is 5.11 Å². The number of aryl methyl sites for hydroxylation is 1.